The van der Waals surface area contributed by atoms with Gasteiger partial charge >= 0.3 is 5.97 Å². The van der Waals surface area contributed by atoms with E-state index in [9.17, 15) is 19.5 Å². The maximum absolute atomic E-state index is 13.0. The Bertz CT molecular complexity index is 724. The normalized spacial score (nSPS) is 13.5. The summed E-state index contributed by atoms with van der Waals surface area (Å²) in [6, 6.07) is -1.18. The lowest BCUT2D eigenvalue weighted by atomic mass is 9.94. The molecule has 0 rings (SSSR count). The van der Waals surface area contributed by atoms with Crippen molar-refractivity contribution in [3.8, 4) is 0 Å². The van der Waals surface area contributed by atoms with Crippen LogP contribution in [0.3, 0.4) is 0 Å². The molecule has 244 valence electrons. The van der Waals surface area contributed by atoms with Gasteiger partial charge < -0.3 is 10.2 Å². The second-order valence-corrected chi connectivity index (χ2v) is 12.7. The van der Waals surface area contributed by atoms with Crippen molar-refractivity contribution in [2.75, 3.05) is 6.61 Å². The van der Waals surface area contributed by atoms with Crippen molar-refractivity contribution >= 4 is 26.0 Å². The smallest absolute Gasteiger partial charge is 0.323 e. The molecule has 0 saturated heterocycles. The first-order valence-corrected chi connectivity index (χ1v) is 18.2. The van der Waals surface area contributed by atoms with Crippen molar-refractivity contribution in [1.29, 1.82) is 0 Å². The number of aliphatic carboxylic acids is 1. The van der Waals surface area contributed by atoms with Crippen molar-refractivity contribution in [1.82, 2.24) is 5.09 Å². The molecule has 0 bridgehead atoms. The Balaban J connectivity index is 4.36. The molecule has 0 aliphatic rings. The highest BCUT2D eigenvalue weighted by molar-refractivity contribution is 7.56. The highest BCUT2D eigenvalue weighted by Crippen LogP contribution is 2.24. The molecule has 3 N–H and O–H groups in total. The van der Waals surface area contributed by atoms with Gasteiger partial charge in [0.25, 0.3) is 0 Å². The molecule has 0 aromatic heterocycles. The predicted molar refractivity (Wildman–Crippen MR) is 179 cm³/mol. The Hall–Kier alpha value is -1.36. The molecule has 0 amide bonds. The van der Waals surface area contributed by atoms with Crippen molar-refractivity contribution < 1.29 is 24.6 Å². The first-order valence-electron chi connectivity index (χ1n) is 17.2. The number of aliphatic hydroxyl groups excluding tert-OH is 1. The molecular weight excluding hydrogens is 545 g/mol. The van der Waals surface area contributed by atoms with Gasteiger partial charge in [-0.05, 0) is 57.8 Å². The standard InChI is InChI=1S/C35H64NO5P/c1-3-5-7-9-11-13-15-16-17-19-20-22-24-26-28-31(35(41)42-36-32(30-37)34(39)40)33(38)29-27-25-23-21-18-14-12-10-8-6-4-2/h10,12,16-17,31-32,36-37,42H,3-9,11,13-15,18-30H2,1-2H3,(H,39,40). The number of aliphatic hydroxyl groups is 1. The monoisotopic (exact) mass is 609 g/mol. The van der Waals surface area contributed by atoms with E-state index in [2.05, 4.69) is 43.2 Å². The van der Waals surface area contributed by atoms with Crippen LogP contribution in [-0.2, 0) is 14.4 Å². The fourth-order valence-corrected chi connectivity index (χ4v) is 5.95. The summed E-state index contributed by atoms with van der Waals surface area (Å²) < 4.78 is 0. The predicted octanol–water partition coefficient (Wildman–Crippen LogP) is 9.45. The molecule has 0 heterocycles. The SMILES string of the molecule is CCCCC=CCCCCCCCC(=O)C(CCCCCCC=CCCCCCCCC)C(=O)PNC(CO)C(=O)O. The molecule has 0 saturated carbocycles. The zero-order chi connectivity index (χ0) is 31.1. The van der Waals surface area contributed by atoms with E-state index < -0.39 is 33.3 Å². The number of ketones is 1. The third-order valence-electron chi connectivity index (χ3n) is 7.74. The Labute approximate surface area is 259 Å². The number of hydrogen-bond donors (Lipinski definition) is 3. The maximum atomic E-state index is 13.0. The summed E-state index contributed by atoms with van der Waals surface area (Å²) in [6.45, 7) is 3.87. The van der Waals surface area contributed by atoms with E-state index in [0.29, 0.717) is 12.8 Å². The number of carboxylic acid groups (broad SMARTS) is 1. The minimum atomic E-state index is -1.20. The second-order valence-electron chi connectivity index (χ2n) is 11.7. The highest BCUT2D eigenvalue weighted by Gasteiger charge is 2.27. The number of unbranched alkanes of at least 4 members (excludes halogenated alkanes) is 17. The van der Waals surface area contributed by atoms with Crippen molar-refractivity contribution in [2.45, 2.75) is 168 Å². The zero-order valence-electron chi connectivity index (χ0n) is 27.1. The minimum absolute atomic E-state index is 0.0124. The first-order chi connectivity index (χ1) is 20.5. The molecule has 7 heteroatoms. The van der Waals surface area contributed by atoms with E-state index in [1.54, 1.807) is 0 Å². The number of carboxylic acids is 1. The third-order valence-corrected chi connectivity index (χ3v) is 8.83. The summed E-state index contributed by atoms with van der Waals surface area (Å²) in [7, 11) is -0.492. The van der Waals surface area contributed by atoms with Crippen LogP contribution in [0.4, 0.5) is 0 Å². The molecule has 0 fully saturated rings. The van der Waals surface area contributed by atoms with Gasteiger partial charge in [0.2, 0.25) is 0 Å². The third kappa shape index (κ3) is 25.2. The van der Waals surface area contributed by atoms with Crippen LogP contribution in [0.1, 0.15) is 162 Å². The van der Waals surface area contributed by atoms with Crippen LogP contribution in [0.5, 0.6) is 0 Å². The van der Waals surface area contributed by atoms with Gasteiger partial charge in [-0.3, -0.25) is 19.5 Å². The quantitative estimate of drug-likeness (QED) is 0.0304. The van der Waals surface area contributed by atoms with Gasteiger partial charge in [0.05, 0.1) is 12.5 Å². The van der Waals surface area contributed by atoms with Crippen molar-refractivity contribution in [3.05, 3.63) is 24.3 Å². The number of allylic oxidation sites excluding steroid dienone is 4. The molecule has 0 aliphatic heterocycles. The Morgan fingerprint density at radius 3 is 1.60 bits per heavy atom. The summed E-state index contributed by atoms with van der Waals surface area (Å²) in [5.41, 5.74) is -0.229. The molecule has 0 aliphatic carbocycles. The Morgan fingerprint density at radius 2 is 1.10 bits per heavy atom. The zero-order valence-corrected chi connectivity index (χ0v) is 28.1. The molecule has 0 aromatic rings. The lowest BCUT2D eigenvalue weighted by molar-refractivity contribution is -0.139. The Kier molecular flexibility index (Phi) is 30.1. The average Bonchev–Trinajstić information content (AvgIpc) is 2.97. The van der Waals surface area contributed by atoms with Crippen LogP contribution in [0, 0.1) is 5.92 Å². The summed E-state index contributed by atoms with van der Waals surface area (Å²) >= 11 is 0. The van der Waals surface area contributed by atoms with E-state index >= 15 is 0 Å². The lowest BCUT2D eigenvalue weighted by Crippen LogP contribution is -2.36. The van der Waals surface area contributed by atoms with Gasteiger partial charge in [-0.1, -0.05) is 122 Å². The lowest BCUT2D eigenvalue weighted by Gasteiger charge is -2.17. The number of nitrogens with one attached hydrogen (secondary N) is 1. The Morgan fingerprint density at radius 1 is 0.643 bits per heavy atom. The van der Waals surface area contributed by atoms with Gasteiger partial charge in [0, 0.05) is 15.2 Å². The molecule has 6 nitrogen and oxygen atoms in total. The van der Waals surface area contributed by atoms with Crippen LogP contribution >= 0.6 is 8.73 Å². The number of carbonyl (C=O) groups is 3. The molecule has 0 radical (unpaired) electrons. The molecule has 3 unspecified atom stereocenters. The van der Waals surface area contributed by atoms with E-state index in [-0.39, 0.29) is 11.3 Å². The van der Waals surface area contributed by atoms with Gasteiger partial charge in [0.1, 0.15) is 11.8 Å². The molecular formula is C35H64NO5P. The van der Waals surface area contributed by atoms with E-state index in [1.807, 2.05) is 0 Å². The van der Waals surface area contributed by atoms with Gasteiger partial charge in [0.15, 0.2) is 5.52 Å². The van der Waals surface area contributed by atoms with Gasteiger partial charge in [-0.15, -0.1) is 0 Å². The van der Waals surface area contributed by atoms with E-state index in [4.69, 9.17) is 5.11 Å². The second kappa shape index (κ2) is 31.1. The fourth-order valence-electron chi connectivity index (χ4n) is 4.94. The van der Waals surface area contributed by atoms with Crippen molar-refractivity contribution in [2.24, 2.45) is 5.92 Å². The highest BCUT2D eigenvalue weighted by atomic mass is 31.1. The molecule has 42 heavy (non-hydrogen) atoms. The number of Topliss-reactive ketones (excluding diaryl/α,β-unsaturated/α-hetero) is 1. The van der Waals surface area contributed by atoms with Crippen LogP contribution in [-0.4, -0.2) is 40.1 Å². The summed E-state index contributed by atoms with van der Waals surface area (Å²) in [6.07, 6.45) is 34.3. The van der Waals surface area contributed by atoms with E-state index in [0.717, 1.165) is 64.2 Å². The molecule has 0 spiro atoms. The number of rotatable bonds is 32. The van der Waals surface area contributed by atoms with Gasteiger partial charge in [-0.25, -0.2) is 0 Å². The minimum Gasteiger partial charge on any atom is -0.480 e. The maximum Gasteiger partial charge on any atom is 0.323 e. The topological polar surface area (TPSA) is 104 Å². The summed E-state index contributed by atoms with van der Waals surface area (Å²) in [5, 5.41) is 21.0. The van der Waals surface area contributed by atoms with Crippen LogP contribution in [0.15, 0.2) is 24.3 Å². The largest absolute Gasteiger partial charge is 0.480 e. The molecule has 0 aromatic carbocycles. The number of carbonyl (C=O) groups excluding carboxylic acids is 2. The van der Waals surface area contributed by atoms with Crippen LogP contribution < -0.4 is 5.09 Å². The summed E-state index contributed by atoms with van der Waals surface area (Å²) in [4.78, 5) is 37.2. The van der Waals surface area contributed by atoms with Gasteiger partial charge in [-0.2, -0.15) is 0 Å². The first kappa shape index (κ1) is 40.6. The van der Waals surface area contributed by atoms with Crippen LogP contribution in [0.25, 0.3) is 0 Å². The number of hydrogen-bond acceptors (Lipinski definition) is 5. The summed E-state index contributed by atoms with van der Waals surface area (Å²) in [5.74, 6) is -1.88. The van der Waals surface area contributed by atoms with E-state index in [1.165, 1.54) is 70.6 Å². The van der Waals surface area contributed by atoms with Crippen molar-refractivity contribution in [3.63, 3.8) is 0 Å². The molecule has 3 atom stereocenters. The average molecular weight is 610 g/mol. The van der Waals surface area contributed by atoms with Crippen LogP contribution in [0.2, 0.25) is 0 Å². The fraction of sp³-hybridized carbons (Fsp3) is 0.800.